The quantitative estimate of drug-likeness (QED) is 0.348. The Balaban J connectivity index is 1.46. The lowest BCUT2D eigenvalue weighted by Gasteiger charge is -2.36. The number of hydrogen-bond donors (Lipinski definition) is 2. The number of aryl methyl sites for hydroxylation is 1. The van der Waals surface area contributed by atoms with E-state index < -0.39 is 15.9 Å². The van der Waals surface area contributed by atoms with E-state index >= 15 is 0 Å². The van der Waals surface area contributed by atoms with Gasteiger partial charge in [-0.05, 0) is 61.6 Å². The molecule has 0 spiro atoms. The molecule has 1 saturated heterocycles. The number of thiocarbonyl (C=S) groups is 1. The van der Waals surface area contributed by atoms with E-state index in [1.807, 2.05) is 11.8 Å². The van der Waals surface area contributed by atoms with Crippen molar-refractivity contribution >= 4 is 83.8 Å². The fourth-order valence-electron chi connectivity index (χ4n) is 3.94. The molecule has 2 N–H and O–H groups in total. The average molecular weight is 642 g/mol. The number of hydrogen-bond acceptors (Lipinski definition) is 5. The second-order valence-corrected chi connectivity index (χ2v) is 12.4. The first-order valence-electron chi connectivity index (χ1n) is 11.2. The lowest BCUT2D eigenvalue weighted by Crippen LogP contribution is -2.49. The van der Waals surface area contributed by atoms with Crippen LogP contribution in [-0.2, 0) is 10.0 Å². The van der Waals surface area contributed by atoms with E-state index in [1.54, 1.807) is 60.7 Å². The van der Waals surface area contributed by atoms with Crippen molar-refractivity contribution < 1.29 is 13.2 Å². The van der Waals surface area contributed by atoms with Crippen molar-refractivity contribution in [3.63, 3.8) is 0 Å². The van der Waals surface area contributed by atoms with Crippen LogP contribution in [0.2, 0.25) is 10.0 Å². The van der Waals surface area contributed by atoms with Crippen molar-refractivity contribution in [2.24, 2.45) is 0 Å². The van der Waals surface area contributed by atoms with Gasteiger partial charge in [0.1, 0.15) is 0 Å². The summed E-state index contributed by atoms with van der Waals surface area (Å²) in [6.07, 6.45) is 0. The lowest BCUT2D eigenvalue weighted by molar-refractivity contribution is 0.0978. The fourth-order valence-corrected chi connectivity index (χ4v) is 6.43. The number of para-hydroxylation sites is 1. The van der Waals surface area contributed by atoms with Gasteiger partial charge in [0.2, 0.25) is 10.0 Å². The Bertz CT molecular complexity index is 1440. The number of carbonyl (C=O) groups excluding carboxylic acids is 1. The maximum atomic E-state index is 13.1. The van der Waals surface area contributed by atoms with Crippen LogP contribution in [0, 0.1) is 6.92 Å². The summed E-state index contributed by atoms with van der Waals surface area (Å²) in [5.41, 5.74) is 2.54. The van der Waals surface area contributed by atoms with Gasteiger partial charge < -0.3 is 10.2 Å². The highest BCUT2D eigenvalue weighted by Crippen LogP contribution is 2.35. The zero-order valence-corrected chi connectivity index (χ0v) is 24.4. The first kappa shape index (κ1) is 27.8. The molecule has 4 rings (SSSR count). The Morgan fingerprint density at radius 1 is 0.973 bits per heavy atom. The summed E-state index contributed by atoms with van der Waals surface area (Å²) in [7, 11) is -3.59. The van der Waals surface area contributed by atoms with Crippen LogP contribution in [-0.4, -0.2) is 49.9 Å². The van der Waals surface area contributed by atoms with E-state index in [1.165, 1.54) is 4.31 Å². The van der Waals surface area contributed by atoms with Gasteiger partial charge in [-0.25, -0.2) is 8.42 Å². The zero-order chi connectivity index (χ0) is 26.7. The van der Waals surface area contributed by atoms with Crippen molar-refractivity contribution in [3.8, 4) is 0 Å². The van der Waals surface area contributed by atoms with E-state index in [9.17, 15) is 13.2 Å². The number of piperazine rings is 1. The van der Waals surface area contributed by atoms with Crippen LogP contribution >= 0.6 is 51.3 Å². The monoisotopic (exact) mass is 640 g/mol. The molecule has 0 aliphatic carbocycles. The molecular weight excluding hydrogens is 619 g/mol. The number of benzene rings is 3. The topological polar surface area (TPSA) is 81.8 Å². The third-order valence-electron chi connectivity index (χ3n) is 5.85. The summed E-state index contributed by atoms with van der Waals surface area (Å²) >= 11 is 21.4. The molecule has 7 nitrogen and oxygen atoms in total. The Morgan fingerprint density at radius 3 is 2.32 bits per heavy atom. The second kappa shape index (κ2) is 11.7. The van der Waals surface area contributed by atoms with Gasteiger partial charge in [-0.3, -0.25) is 10.1 Å². The van der Waals surface area contributed by atoms with E-state index in [2.05, 4.69) is 26.6 Å². The molecular formula is C25H23BrCl2N4O3S2. The van der Waals surface area contributed by atoms with E-state index in [-0.39, 0.29) is 15.6 Å². The highest BCUT2D eigenvalue weighted by Gasteiger charge is 2.30. The smallest absolute Gasteiger partial charge is 0.258 e. The number of halogens is 3. The Labute approximate surface area is 239 Å². The number of rotatable bonds is 5. The number of anilines is 2. The molecule has 0 aromatic heterocycles. The maximum absolute atomic E-state index is 13.1. The molecule has 194 valence electrons. The van der Waals surface area contributed by atoms with Crippen LogP contribution in [0.25, 0.3) is 0 Å². The van der Waals surface area contributed by atoms with Crippen molar-refractivity contribution in [1.82, 2.24) is 9.62 Å². The molecule has 1 aliphatic rings. The molecule has 0 bridgehead atoms. The summed E-state index contributed by atoms with van der Waals surface area (Å²) in [5, 5.41) is 6.53. The molecule has 12 heteroatoms. The van der Waals surface area contributed by atoms with Gasteiger partial charge in [-0.15, -0.1) is 0 Å². The van der Waals surface area contributed by atoms with Gasteiger partial charge in [0.25, 0.3) is 5.91 Å². The summed E-state index contributed by atoms with van der Waals surface area (Å²) in [5.74, 6) is -0.456. The van der Waals surface area contributed by atoms with Crippen LogP contribution in [0.5, 0.6) is 0 Å². The summed E-state index contributed by atoms with van der Waals surface area (Å²) in [6.45, 7) is 3.36. The summed E-state index contributed by atoms with van der Waals surface area (Å²) in [4.78, 5) is 15.0. The first-order chi connectivity index (χ1) is 17.6. The molecule has 37 heavy (non-hydrogen) atoms. The van der Waals surface area contributed by atoms with Crippen molar-refractivity contribution in [2.75, 3.05) is 36.4 Å². The molecule has 1 heterocycles. The van der Waals surface area contributed by atoms with Crippen molar-refractivity contribution in [1.29, 1.82) is 0 Å². The number of nitrogens with zero attached hydrogens (tertiary/aromatic N) is 2. The van der Waals surface area contributed by atoms with Crippen molar-refractivity contribution in [2.45, 2.75) is 11.8 Å². The molecule has 0 unspecified atom stereocenters. The van der Waals surface area contributed by atoms with Gasteiger partial charge in [0.15, 0.2) is 5.11 Å². The minimum atomic E-state index is -3.59. The fraction of sp³-hybridized carbons (Fsp3) is 0.200. The third-order valence-corrected chi connectivity index (χ3v) is 9.09. The number of nitrogens with one attached hydrogen (secondary N) is 2. The number of carbonyl (C=O) groups is 1. The first-order valence-corrected chi connectivity index (χ1v) is 14.6. The Kier molecular flexibility index (Phi) is 8.77. The van der Waals surface area contributed by atoms with E-state index in [0.29, 0.717) is 52.1 Å². The SMILES string of the molecule is Cc1ccc(S(=O)(=O)N2CCN(c3c(Cl)cccc3NC(=S)NC(=O)c3cc(Br)ccc3Cl)CC2)cc1. The number of sulfonamides is 1. The van der Waals surface area contributed by atoms with E-state index in [0.717, 1.165) is 5.56 Å². The van der Waals surface area contributed by atoms with Gasteiger partial charge in [0.05, 0.1) is 31.9 Å². The van der Waals surface area contributed by atoms with Crippen LogP contribution in [0.4, 0.5) is 11.4 Å². The summed E-state index contributed by atoms with van der Waals surface area (Å²) < 4.78 is 28.4. The Morgan fingerprint density at radius 2 is 1.65 bits per heavy atom. The molecule has 1 fully saturated rings. The highest BCUT2D eigenvalue weighted by atomic mass is 79.9. The number of amides is 1. The molecule has 1 amide bonds. The largest absolute Gasteiger partial charge is 0.366 e. The maximum Gasteiger partial charge on any atom is 0.258 e. The van der Waals surface area contributed by atoms with Crippen LogP contribution < -0.4 is 15.5 Å². The second-order valence-electron chi connectivity index (χ2n) is 8.37. The molecule has 0 radical (unpaired) electrons. The molecule has 3 aromatic carbocycles. The van der Waals surface area contributed by atoms with Gasteiger partial charge in [-0.2, -0.15) is 4.31 Å². The van der Waals surface area contributed by atoms with E-state index in [4.69, 9.17) is 35.4 Å². The molecule has 0 saturated carbocycles. The minimum absolute atomic E-state index is 0.0742. The van der Waals surface area contributed by atoms with Crippen LogP contribution in [0.15, 0.2) is 70.0 Å². The predicted molar refractivity (Wildman–Crippen MR) is 156 cm³/mol. The standard InChI is InChI=1S/C25H23BrCl2N4O3S2/c1-16-5-8-18(9-6-16)37(34,35)32-13-11-31(12-14-32)23-21(28)3-2-4-22(23)29-25(36)30-24(33)19-15-17(26)7-10-20(19)27/h2-10,15H,11-14H2,1H3,(H2,29,30,33,36). The minimum Gasteiger partial charge on any atom is -0.366 e. The zero-order valence-electron chi connectivity index (χ0n) is 19.7. The highest BCUT2D eigenvalue weighted by molar-refractivity contribution is 9.10. The van der Waals surface area contributed by atoms with Gasteiger partial charge in [-0.1, -0.05) is 62.9 Å². The van der Waals surface area contributed by atoms with Gasteiger partial charge in [0, 0.05) is 30.7 Å². The molecule has 0 atom stereocenters. The molecule has 3 aromatic rings. The third kappa shape index (κ3) is 6.45. The van der Waals surface area contributed by atoms with Gasteiger partial charge >= 0.3 is 0 Å². The normalized spacial score (nSPS) is 14.3. The van der Waals surface area contributed by atoms with Crippen LogP contribution in [0.1, 0.15) is 15.9 Å². The average Bonchev–Trinajstić information content (AvgIpc) is 2.86. The predicted octanol–water partition coefficient (Wildman–Crippen LogP) is 5.70. The molecule has 1 aliphatic heterocycles. The summed E-state index contributed by atoms with van der Waals surface area (Å²) in [6, 6.07) is 17.1. The van der Waals surface area contributed by atoms with Crippen molar-refractivity contribution in [3.05, 3.63) is 86.3 Å². The van der Waals surface area contributed by atoms with Crippen LogP contribution in [0.3, 0.4) is 0 Å². The Hall–Kier alpha value is -2.21. The lowest BCUT2D eigenvalue weighted by atomic mass is 10.2.